The van der Waals surface area contributed by atoms with E-state index < -0.39 is 6.03 Å². The molecule has 0 bridgehead atoms. The molecule has 28 heavy (non-hydrogen) atoms. The molecule has 0 unspecified atom stereocenters. The molecule has 2 aromatic carbocycles. The molecule has 0 aliphatic carbocycles. The Kier molecular flexibility index (Phi) is 5.73. The number of urea groups is 1. The van der Waals surface area contributed by atoms with Crippen LogP contribution in [-0.2, 0) is 13.0 Å². The Hall–Kier alpha value is -3.22. The van der Waals surface area contributed by atoms with Gasteiger partial charge in [0.25, 0.3) is 5.91 Å². The van der Waals surface area contributed by atoms with Crippen LogP contribution in [-0.4, -0.2) is 30.7 Å². The monoisotopic (exact) mass is 383 g/mol. The van der Waals surface area contributed by atoms with Crippen molar-refractivity contribution in [2.45, 2.75) is 32.4 Å². The van der Waals surface area contributed by atoms with Gasteiger partial charge in [0.05, 0.1) is 6.54 Å². The van der Waals surface area contributed by atoms with E-state index in [1.807, 2.05) is 32.0 Å². The molecular formula is C21H25N3O4. The smallest absolute Gasteiger partial charge is 0.312 e. The quantitative estimate of drug-likeness (QED) is 0.639. The number of primary amides is 1. The fourth-order valence-corrected chi connectivity index (χ4v) is 3.09. The Labute approximate surface area is 164 Å². The number of hydrogen-bond donors (Lipinski definition) is 3. The first-order chi connectivity index (χ1) is 13.3. The van der Waals surface area contributed by atoms with E-state index in [-0.39, 0.29) is 11.5 Å². The molecule has 0 aromatic heterocycles. The van der Waals surface area contributed by atoms with Crippen molar-refractivity contribution in [2.75, 3.05) is 13.2 Å². The van der Waals surface area contributed by atoms with Crippen molar-refractivity contribution < 1.29 is 19.1 Å². The highest BCUT2D eigenvalue weighted by atomic mass is 16.5. The number of para-hydroxylation sites is 1. The van der Waals surface area contributed by atoms with Crippen LogP contribution < -0.4 is 25.8 Å². The van der Waals surface area contributed by atoms with Crippen LogP contribution in [0.4, 0.5) is 4.79 Å². The summed E-state index contributed by atoms with van der Waals surface area (Å²) in [5, 5.41) is 5.33. The molecule has 1 heterocycles. The van der Waals surface area contributed by atoms with E-state index in [1.54, 1.807) is 24.3 Å². The largest absolute Gasteiger partial charge is 0.488 e. The van der Waals surface area contributed by atoms with Crippen LogP contribution in [0.2, 0.25) is 0 Å². The SMILES string of the molecule is CC1(C)Cc2cccc(OCCNC(=O)c3ccc(CNC(N)=O)cc3)c2O1. The molecule has 3 amide bonds. The summed E-state index contributed by atoms with van der Waals surface area (Å²) in [6.07, 6.45) is 0.848. The second kappa shape index (κ2) is 8.21. The number of benzene rings is 2. The topological polar surface area (TPSA) is 103 Å². The third kappa shape index (κ3) is 4.94. The summed E-state index contributed by atoms with van der Waals surface area (Å²) in [4.78, 5) is 22.9. The molecule has 0 saturated carbocycles. The predicted molar refractivity (Wildman–Crippen MR) is 106 cm³/mol. The first kappa shape index (κ1) is 19.5. The van der Waals surface area contributed by atoms with E-state index in [2.05, 4.69) is 10.6 Å². The lowest BCUT2D eigenvalue weighted by molar-refractivity contribution is 0.0946. The van der Waals surface area contributed by atoms with Crippen LogP contribution in [0.15, 0.2) is 42.5 Å². The maximum atomic E-state index is 12.2. The van der Waals surface area contributed by atoms with Gasteiger partial charge >= 0.3 is 6.03 Å². The first-order valence-electron chi connectivity index (χ1n) is 9.18. The lowest BCUT2D eigenvalue weighted by atomic mass is 10.0. The Morgan fingerprint density at radius 2 is 1.89 bits per heavy atom. The molecule has 1 aliphatic heterocycles. The summed E-state index contributed by atoms with van der Waals surface area (Å²) in [6, 6.07) is 12.2. The molecule has 0 saturated heterocycles. The Bertz CT molecular complexity index is 862. The molecule has 0 fully saturated rings. The molecule has 3 rings (SSSR count). The van der Waals surface area contributed by atoms with Gasteiger partial charge in [0.2, 0.25) is 0 Å². The van der Waals surface area contributed by atoms with Crippen molar-refractivity contribution in [1.82, 2.24) is 10.6 Å². The Morgan fingerprint density at radius 1 is 1.14 bits per heavy atom. The summed E-state index contributed by atoms with van der Waals surface area (Å²) in [5.41, 5.74) is 7.34. The molecule has 148 valence electrons. The molecule has 7 nitrogen and oxygen atoms in total. The van der Waals surface area contributed by atoms with Gasteiger partial charge in [0, 0.05) is 24.1 Å². The molecular weight excluding hydrogens is 358 g/mol. The minimum absolute atomic E-state index is 0.186. The number of nitrogens with one attached hydrogen (secondary N) is 2. The molecule has 0 radical (unpaired) electrons. The van der Waals surface area contributed by atoms with E-state index >= 15 is 0 Å². The highest BCUT2D eigenvalue weighted by molar-refractivity contribution is 5.94. The normalized spacial score (nSPS) is 13.9. The molecule has 1 aliphatic rings. The standard InChI is InChI=1S/C21H25N3O4/c1-21(2)12-16-4-3-5-17(18(16)28-21)27-11-10-23-19(25)15-8-6-14(7-9-15)13-24-20(22)26/h3-9H,10-13H2,1-2H3,(H,23,25)(H3,22,24,26). The second-order valence-electron chi connectivity index (χ2n) is 7.30. The van der Waals surface area contributed by atoms with E-state index in [9.17, 15) is 9.59 Å². The zero-order valence-corrected chi connectivity index (χ0v) is 16.1. The lowest BCUT2D eigenvalue weighted by Gasteiger charge is -2.18. The summed E-state index contributed by atoms with van der Waals surface area (Å²) in [7, 11) is 0. The van der Waals surface area contributed by atoms with Gasteiger partial charge in [-0.3, -0.25) is 4.79 Å². The molecule has 7 heteroatoms. The van der Waals surface area contributed by atoms with Gasteiger partial charge in [0.15, 0.2) is 11.5 Å². The second-order valence-corrected chi connectivity index (χ2v) is 7.30. The third-order valence-corrected chi connectivity index (χ3v) is 4.38. The number of rotatable bonds is 7. The summed E-state index contributed by atoms with van der Waals surface area (Å²) >= 11 is 0. The van der Waals surface area contributed by atoms with E-state index in [4.69, 9.17) is 15.2 Å². The van der Waals surface area contributed by atoms with E-state index in [0.29, 0.717) is 31.0 Å². The highest BCUT2D eigenvalue weighted by Gasteiger charge is 2.32. The number of hydrogen-bond acceptors (Lipinski definition) is 4. The minimum atomic E-state index is -0.583. The van der Waals surface area contributed by atoms with Gasteiger partial charge in [-0.15, -0.1) is 0 Å². The van der Waals surface area contributed by atoms with Crippen molar-refractivity contribution in [1.29, 1.82) is 0 Å². The fourth-order valence-electron chi connectivity index (χ4n) is 3.09. The van der Waals surface area contributed by atoms with Gasteiger partial charge in [-0.1, -0.05) is 24.3 Å². The van der Waals surface area contributed by atoms with Crippen molar-refractivity contribution in [3.63, 3.8) is 0 Å². The minimum Gasteiger partial charge on any atom is -0.488 e. The fraction of sp³-hybridized carbons (Fsp3) is 0.333. The van der Waals surface area contributed by atoms with Crippen molar-refractivity contribution in [3.8, 4) is 11.5 Å². The highest BCUT2D eigenvalue weighted by Crippen LogP contribution is 2.41. The number of carbonyl (C=O) groups is 2. The summed E-state index contributed by atoms with van der Waals surface area (Å²) in [5.74, 6) is 1.30. The van der Waals surface area contributed by atoms with Crippen LogP contribution in [0.3, 0.4) is 0 Å². The molecule has 0 atom stereocenters. The maximum absolute atomic E-state index is 12.2. The zero-order valence-electron chi connectivity index (χ0n) is 16.1. The lowest BCUT2D eigenvalue weighted by Crippen LogP contribution is -2.29. The van der Waals surface area contributed by atoms with Crippen LogP contribution in [0.25, 0.3) is 0 Å². The maximum Gasteiger partial charge on any atom is 0.312 e. The van der Waals surface area contributed by atoms with Gasteiger partial charge in [-0.05, 0) is 37.6 Å². The van der Waals surface area contributed by atoms with Crippen molar-refractivity contribution >= 4 is 11.9 Å². The number of nitrogens with two attached hydrogens (primary N) is 1. The average Bonchev–Trinajstić information content (AvgIpc) is 2.98. The predicted octanol–water partition coefficient (Wildman–Crippen LogP) is 2.38. The summed E-state index contributed by atoms with van der Waals surface area (Å²) < 4.78 is 11.8. The average molecular weight is 383 g/mol. The molecule has 4 N–H and O–H groups in total. The van der Waals surface area contributed by atoms with E-state index in [0.717, 1.165) is 23.3 Å². The van der Waals surface area contributed by atoms with Crippen molar-refractivity contribution in [2.24, 2.45) is 5.73 Å². The van der Waals surface area contributed by atoms with Crippen molar-refractivity contribution in [3.05, 3.63) is 59.2 Å². The Balaban J connectivity index is 1.47. The van der Waals surface area contributed by atoms with Crippen LogP contribution in [0.1, 0.15) is 35.3 Å². The van der Waals surface area contributed by atoms with Gasteiger partial charge < -0.3 is 25.8 Å². The summed E-state index contributed by atoms with van der Waals surface area (Å²) in [6.45, 7) is 5.13. The van der Waals surface area contributed by atoms with Gasteiger partial charge in [0.1, 0.15) is 12.2 Å². The number of ether oxygens (including phenoxy) is 2. The number of fused-ring (bicyclic) bond motifs is 1. The van der Waals surface area contributed by atoms with E-state index in [1.165, 1.54) is 0 Å². The van der Waals surface area contributed by atoms with Gasteiger partial charge in [-0.2, -0.15) is 0 Å². The molecule has 0 spiro atoms. The van der Waals surface area contributed by atoms with Crippen LogP contribution in [0, 0.1) is 0 Å². The first-order valence-corrected chi connectivity index (χ1v) is 9.18. The molecule has 2 aromatic rings. The van der Waals surface area contributed by atoms with Crippen LogP contribution in [0.5, 0.6) is 11.5 Å². The van der Waals surface area contributed by atoms with Crippen LogP contribution >= 0.6 is 0 Å². The Morgan fingerprint density at radius 3 is 2.61 bits per heavy atom. The number of amides is 3. The number of carbonyl (C=O) groups excluding carboxylic acids is 2. The van der Waals surface area contributed by atoms with Gasteiger partial charge in [-0.25, -0.2) is 4.79 Å². The zero-order chi connectivity index (χ0) is 20.1. The third-order valence-electron chi connectivity index (χ3n) is 4.38.